The van der Waals surface area contributed by atoms with Gasteiger partial charge in [0.2, 0.25) is 0 Å². The average molecular weight is 427 g/mol. The molecule has 1 fully saturated rings. The van der Waals surface area contributed by atoms with Crippen molar-refractivity contribution in [2.75, 3.05) is 13.2 Å². The highest BCUT2D eigenvalue weighted by Crippen LogP contribution is 2.35. The molecular weight excluding hydrogens is 396 g/mol. The summed E-state index contributed by atoms with van der Waals surface area (Å²) in [5, 5.41) is 12.1. The van der Waals surface area contributed by atoms with Crippen molar-refractivity contribution in [3.8, 4) is 0 Å². The first-order valence-corrected chi connectivity index (χ1v) is 10.9. The van der Waals surface area contributed by atoms with E-state index in [0.717, 1.165) is 10.8 Å². The summed E-state index contributed by atoms with van der Waals surface area (Å²) >= 11 is 0. The van der Waals surface area contributed by atoms with E-state index >= 15 is 0 Å². The van der Waals surface area contributed by atoms with Crippen LogP contribution in [0.5, 0.6) is 0 Å². The van der Waals surface area contributed by atoms with Crippen LogP contribution in [-0.4, -0.2) is 42.1 Å². The fourth-order valence-corrected chi connectivity index (χ4v) is 4.06. The van der Waals surface area contributed by atoms with Gasteiger partial charge in [-0.25, -0.2) is 0 Å². The van der Waals surface area contributed by atoms with Crippen molar-refractivity contribution < 1.29 is 29.0 Å². The van der Waals surface area contributed by atoms with Crippen molar-refractivity contribution in [3.63, 3.8) is 0 Å². The molecule has 1 aliphatic heterocycles. The van der Waals surface area contributed by atoms with E-state index in [-0.39, 0.29) is 24.5 Å². The lowest BCUT2D eigenvalue weighted by atomic mass is 9.74. The molecule has 2 aromatic carbocycles. The van der Waals surface area contributed by atoms with E-state index < -0.39 is 23.5 Å². The number of carbonyl (C=O) groups is 3. The summed E-state index contributed by atoms with van der Waals surface area (Å²) in [6.07, 6.45) is 0.729. The number of ketones is 1. The monoisotopic (exact) mass is 426 g/mol. The summed E-state index contributed by atoms with van der Waals surface area (Å²) in [4.78, 5) is 39.0. The number of ether oxygens (including phenoxy) is 2. The van der Waals surface area contributed by atoms with Crippen LogP contribution in [0.2, 0.25) is 0 Å². The Kier molecular flexibility index (Phi) is 7.44. The number of fused-ring (bicyclic) bond motifs is 1. The van der Waals surface area contributed by atoms with Gasteiger partial charge in [0.15, 0.2) is 5.41 Å². The molecule has 0 aromatic heterocycles. The molecule has 166 valence electrons. The van der Waals surface area contributed by atoms with Crippen LogP contribution in [0.15, 0.2) is 42.5 Å². The number of carboxylic acids is 1. The van der Waals surface area contributed by atoms with Gasteiger partial charge in [-0.1, -0.05) is 49.4 Å². The van der Waals surface area contributed by atoms with Gasteiger partial charge in [0, 0.05) is 32.0 Å². The molecule has 1 heterocycles. The minimum atomic E-state index is -1.97. The van der Waals surface area contributed by atoms with Crippen LogP contribution < -0.4 is 0 Å². The lowest BCUT2D eigenvalue weighted by Gasteiger charge is -2.31. The number of rotatable bonds is 9. The first kappa shape index (κ1) is 22.9. The summed E-state index contributed by atoms with van der Waals surface area (Å²) in [6.45, 7) is 4.52. The molecule has 0 radical (unpaired) electrons. The Morgan fingerprint density at radius 2 is 1.81 bits per heavy atom. The van der Waals surface area contributed by atoms with Gasteiger partial charge in [0.25, 0.3) is 0 Å². The minimum Gasteiger partial charge on any atom is -0.480 e. The average Bonchev–Trinajstić information content (AvgIpc) is 2.78. The highest BCUT2D eigenvalue weighted by molar-refractivity contribution is 6.04. The van der Waals surface area contributed by atoms with Crippen molar-refractivity contribution in [1.29, 1.82) is 0 Å². The third-order valence-corrected chi connectivity index (χ3v) is 6.21. The topological polar surface area (TPSA) is 89.9 Å². The number of Topliss-reactive ketones (excluding diaryl/α,β-unsaturated/α-hetero) is 1. The van der Waals surface area contributed by atoms with Crippen LogP contribution >= 0.6 is 0 Å². The number of carboxylic acid groups (broad SMARTS) is 1. The Hall–Kier alpha value is -2.73. The van der Waals surface area contributed by atoms with Crippen molar-refractivity contribution in [2.24, 2.45) is 11.3 Å². The van der Waals surface area contributed by atoms with E-state index in [2.05, 4.69) is 0 Å². The summed E-state index contributed by atoms with van der Waals surface area (Å²) in [6, 6.07) is 13.2. The molecule has 0 spiro atoms. The molecule has 2 aromatic rings. The van der Waals surface area contributed by atoms with E-state index in [0.29, 0.717) is 38.0 Å². The fraction of sp³-hybridized carbons (Fsp3) is 0.480. The molecule has 0 aliphatic carbocycles. The standard InChI is InChI=1S/C25H30O6/c1-3-17(2)31-24(29)25(23(27)28,16-22(26)19-11-13-30-14-12-19)15-20-9-6-8-18-7-4-5-10-21(18)20/h4-10,17,19H,3,11-16H2,1-2H3,(H,27,28). The number of carbonyl (C=O) groups excluding carboxylic acids is 2. The summed E-state index contributed by atoms with van der Waals surface area (Å²) in [5.41, 5.74) is -1.26. The quantitative estimate of drug-likeness (QED) is 0.478. The lowest BCUT2D eigenvalue weighted by molar-refractivity contribution is -0.174. The molecule has 1 N–H and O–H groups in total. The third kappa shape index (κ3) is 5.13. The zero-order chi connectivity index (χ0) is 22.4. The second kappa shape index (κ2) is 10.1. The van der Waals surface area contributed by atoms with Gasteiger partial charge in [-0.05, 0) is 42.5 Å². The van der Waals surface area contributed by atoms with Crippen molar-refractivity contribution in [1.82, 2.24) is 0 Å². The summed E-state index contributed by atoms with van der Waals surface area (Å²) in [7, 11) is 0. The highest BCUT2D eigenvalue weighted by atomic mass is 16.5. The van der Waals surface area contributed by atoms with Gasteiger partial charge >= 0.3 is 11.9 Å². The number of esters is 1. The number of hydrogen-bond acceptors (Lipinski definition) is 5. The van der Waals surface area contributed by atoms with Crippen LogP contribution in [0.25, 0.3) is 10.8 Å². The molecule has 6 heteroatoms. The Bertz CT molecular complexity index is 941. The van der Waals surface area contributed by atoms with Gasteiger partial charge in [0.1, 0.15) is 5.78 Å². The maximum atomic E-state index is 13.3. The predicted molar refractivity (Wildman–Crippen MR) is 117 cm³/mol. The van der Waals surface area contributed by atoms with Crippen molar-refractivity contribution >= 4 is 28.5 Å². The second-order valence-electron chi connectivity index (χ2n) is 8.36. The van der Waals surface area contributed by atoms with Gasteiger partial charge < -0.3 is 14.6 Å². The summed E-state index contributed by atoms with van der Waals surface area (Å²) < 4.78 is 10.8. The smallest absolute Gasteiger partial charge is 0.324 e. The Balaban J connectivity index is 2.01. The van der Waals surface area contributed by atoms with E-state index in [9.17, 15) is 19.5 Å². The van der Waals surface area contributed by atoms with Crippen molar-refractivity contribution in [2.45, 2.75) is 52.1 Å². The van der Waals surface area contributed by atoms with Crippen LogP contribution in [-0.2, 0) is 30.3 Å². The van der Waals surface area contributed by atoms with E-state index in [4.69, 9.17) is 9.47 Å². The highest BCUT2D eigenvalue weighted by Gasteiger charge is 2.51. The molecule has 1 saturated heterocycles. The molecule has 2 atom stereocenters. The Morgan fingerprint density at radius 3 is 2.48 bits per heavy atom. The van der Waals surface area contributed by atoms with E-state index in [1.165, 1.54) is 0 Å². The molecule has 0 amide bonds. The predicted octanol–water partition coefficient (Wildman–Crippen LogP) is 4.18. The van der Waals surface area contributed by atoms with Crippen molar-refractivity contribution in [3.05, 3.63) is 48.0 Å². The van der Waals surface area contributed by atoms with E-state index in [1.54, 1.807) is 6.92 Å². The van der Waals surface area contributed by atoms with Crippen LogP contribution in [0.4, 0.5) is 0 Å². The zero-order valence-corrected chi connectivity index (χ0v) is 18.1. The largest absolute Gasteiger partial charge is 0.480 e. The maximum Gasteiger partial charge on any atom is 0.324 e. The van der Waals surface area contributed by atoms with Crippen LogP contribution in [0.3, 0.4) is 0 Å². The van der Waals surface area contributed by atoms with Gasteiger partial charge in [-0.3, -0.25) is 14.4 Å². The van der Waals surface area contributed by atoms with Gasteiger partial charge in [-0.15, -0.1) is 0 Å². The Morgan fingerprint density at radius 1 is 1.13 bits per heavy atom. The Labute approximate surface area is 182 Å². The van der Waals surface area contributed by atoms with Gasteiger partial charge in [0.05, 0.1) is 6.10 Å². The first-order valence-electron chi connectivity index (χ1n) is 10.9. The van der Waals surface area contributed by atoms with Gasteiger partial charge in [-0.2, -0.15) is 0 Å². The molecular formula is C25H30O6. The SMILES string of the molecule is CCC(C)OC(=O)C(CC(=O)C1CCOCC1)(Cc1cccc2ccccc12)C(=O)O. The molecule has 1 aliphatic rings. The number of aliphatic carboxylic acids is 1. The molecule has 0 saturated carbocycles. The maximum absolute atomic E-state index is 13.3. The molecule has 6 nitrogen and oxygen atoms in total. The summed E-state index contributed by atoms with van der Waals surface area (Å²) in [5.74, 6) is -2.68. The number of hydrogen-bond donors (Lipinski definition) is 1. The lowest BCUT2D eigenvalue weighted by Crippen LogP contribution is -2.46. The first-order chi connectivity index (χ1) is 14.9. The second-order valence-corrected chi connectivity index (χ2v) is 8.36. The third-order valence-electron chi connectivity index (χ3n) is 6.21. The molecule has 3 rings (SSSR count). The fourth-order valence-electron chi connectivity index (χ4n) is 4.06. The zero-order valence-electron chi connectivity index (χ0n) is 18.1. The van der Waals surface area contributed by atoms with E-state index in [1.807, 2.05) is 49.4 Å². The molecule has 2 unspecified atom stereocenters. The van der Waals surface area contributed by atoms with Crippen LogP contribution in [0, 0.1) is 11.3 Å². The minimum absolute atomic E-state index is 0.103. The molecule has 31 heavy (non-hydrogen) atoms. The van der Waals surface area contributed by atoms with Crippen LogP contribution in [0.1, 0.15) is 45.1 Å². The molecule has 0 bridgehead atoms. The number of benzene rings is 2. The normalized spacial score (nSPS) is 17.6.